The van der Waals surface area contributed by atoms with Crippen LogP contribution in [0.3, 0.4) is 0 Å². The van der Waals surface area contributed by atoms with Crippen LogP contribution < -0.4 is 60.0 Å². The van der Waals surface area contributed by atoms with E-state index in [2.05, 4.69) is 51.5 Å². The van der Waals surface area contributed by atoms with Crippen molar-refractivity contribution in [1.29, 1.82) is 0 Å². The lowest BCUT2D eigenvalue weighted by molar-refractivity contribution is -0.137. The first-order chi connectivity index (χ1) is 69.8. The van der Waals surface area contributed by atoms with Crippen LogP contribution in [-0.2, 0) is 75.3 Å². The van der Waals surface area contributed by atoms with Crippen LogP contribution in [0.25, 0.3) is 56.3 Å². The molecule has 0 aliphatic carbocycles. The highest BCUT2D eigenvalue weighted by Gasteiger charge is 2.37. The number of carbonyl (C=O) groups excluding carboxylic acids is 14. The largest absolute Gasteiger partial charge is 0.497 e. The Balaban J connectivity index is 0.000000174. The number of benzene rings is 10. The maximum Gasteiger partial charge on any atom is 0.290 e. The normalized spacial score (nSPS) is 11.9. The smallest absolute Gasteiger partial charge is 0.290 e. The number of Topliss-reactive ketones (excluding diaryl/α,β-unsaturated/α-hetero) is 4. The zero-order chi connectivity index (χ0) is 106. The first-order valence-electron chi connectivity index (χ1n) is 44.7. The highest BCUT2D eigenvalue weighted by molar-refractivity contribution is 6.39. The highest BCUT2D eigenvalue weighted by Crippen LogP contribution is 2.33. The van der Waals surface area contributed by atoms with Crippen LogP contribution in [0.1, 0.15) is 116 Å². The monoisotopic (exact) mass is 1990 g/mol. The minimum absolute atomic E-state index is 0.00286. The van der Waals surface area contributed by atoms with Crippen molar-refractivity contribution < 1.29 is 112 Å². The third-order valence-electron chi connectivity index (χ3n) is 21.7. The second kappa shape index (κ2) is 50.9. The van der Waals surface area contributed by atoms with Crippen molar-refractivity contribution in [2.75, 3.05) is 7.11 Å². The standard InChI is InChI=1S/C22H21N3O5.C22H21N3O4.C21H17F2N3O4.C21H18FN3O4.C21H21N3O4/c1-13-24-18(15-6-4-3-5-7-15)20(30-13)22(28)25-17(19(26)21(23)27)12-14-8-10-16(29-2)11-9-14;1-13-8-6-7-11-16(13)18-20(29-14(2)24-18)22(28)25-17(19(26)21(23)27)12-15-9-4-3-5-10-15;1-11-25-17(13-8-5-9-14(22)16(13)23)19(30-11)21(29)26-15(18(27)20(24)28)10-12-6-3-2-4-7-12;1-12-24-17(14-9-5-6-10-15(14)22)19(29-12)21(28)25-16(18(26)20(23)27)11-13-7-3-2-4-8-13;1-13-23-17(15-10-6-3-7-11-15)19(28-13)21(27)24-16(18(25)20(22)26)12-14-8-4-2-5-9-14/h3-11,17H,12H2,1-2H3,(H2,23,27)(H,25,28);3-11,17H,12H2,1-2H3,(H2,23,27)(H,25,28);2-9,15H,10H2,1H3,(H2,24,28)(H,26,29);2-10,16H,11H2,1H3,(H2,23,27)(H,25,28);2-11,16,18,25H,12H2,1H3,(H2,22,26)(H,24,27)/t;;;;16-,18?/m....0/s1. The van der Waals surface area contributed by atoms with Crippen LogP contribution in [0.15, 0.2) is 295 Å². The molecular weight excluding hydrogens is 1890 g/mol. The SMILES string of the molecule is COc1ccc(CC(NC(=O)c2oc(C)nc2-c2ccccc2)C(=O)C(N)=O)cc1.Cc1nc(-c2cccc(F)c2F)c(C(=O)NC(Cc2ccccc2)C(=O)C(N)=O)o1.Cc1nc(-c2ccccc2)c(C(=O)N[C@@H](Cc2ccccc2)C(O)C(N)=O)o1.Cc1nc(-c2ccccc2C)c(C(=O)NC(Cc2ccccc2)C(=O)C(N)=O)o1.Cc1nc(-c2ccccc2F)c(C(=O)NC(Cc2ccccc2)C(=O)C(N)=O)o1. The van der Waals surface area contributed by atoms with E-state index in [9.17, 15) is 85.4 Å². The molecule has 0 saturated carbocycles. The molecule has 0 aliphatic heterocycles. The fourth-order valence-corrected chi connectivity index (χ4v) is 14.7. The van der Waals surface area contributed by atoms with E-state index in [1.54, 1.807) is 155 Å². The van der Waals surface area contributed by atoms with Crippen molar-refractivity contribution in [3.05, 3.63) is 382 Å². The quantitative estimate of drug-likeness (QED) is 0.0162. The average Bonchev–Trinajstić information content (AvgIpc) is 1.74. The molecule has 10 amide bonds. The molecule has 10 aromatic carbocycles. The molecule has 748 valence electrons. The fraction of sp³-hybridized carbons (Fsp3) is 0.168. The van der Waals surface area contributed by atoms with Gasteiger partial charge in [0.2, 0.25) is 57.8 Å². The Morgan fingerprint density at radius 3 is 0.884 bits per heavy atom. The molecule has 5 heterocycles. The molecule has 0 saturated heterocycles. The molecule has 15 aromatic rings. The first kappa shape index (κ1) is 108. The summed E-state index contributed by atoms with van der Waals surface area (Å²) in [4.78, 5) is 192. The van der Waals surface area contributed by atoms with Crippen LogP contribution in [0.5, 0.6) is 5.75 Å². The summed E-state index contributed by atoms with van der Waals surface area (Å²) < 4.78 is 74.3. The number of methoxy groups -OCH3 is 1. The number of rotatable bonds is 36. The number of nitrogens with one attached hydrogen (secondary N) is 5. The fourth-order valence-electron chi connectivity index (χ4n) is 14.7. The number of primary amides is 5. The summed E-state index contributed by atoms with van der Waals surface area (Å²) in [5, 5.41) is 22.8. The van der Waals surface area contributed by atoms with Gasteiger partial charge in [0.15, 0.2) is 47.2 Å². The van der Waals surface area contributed by atoms with Gasteiger partial charge in [0.1, 0.15) is 64.2 Å². The number of ketones is 4. The minimum Gasteiger partial charge on any atom is -0.497 e. The molecule has 6 atom stereocenters. The Bertz CT molecular complexity index is 7060. The molecule has 5 unspecified atom stereocenters. The number of aryl methyl sites for hydroxylation is 6. The van der Waals surface area contributed by atoms with Gasteiger partial charge in [-0.2, -0.15) is 0 Å². The van der Waals surface area contributed by atoms with Crippen molar-refractivity contribution in [2.45, 2.75) is 110 Å². The van der Waals surface area contributed by atoms with E-state index < -0.39 is 142 Å². The number of hydrogen-bond donors (Lipinski definition) is 11. The van der Waals surface area contributed by atoms with Gasteiger partial charge in [-0.25, -0.2) is 38.1 Å². The van der Waals surface area contributed by atoms with E-state index in [1.807, 2.05) is 116 Å². The molecule has 15 rings (SSSR count). The van der Waals surface area contributed by atoms with Crippen LogP contribution in [0.2, 0.25) is 0 Å². The number of aliphatic hydroxyl groups excluding tert-OH is 1. The number of amides is 10. The van der Waals surface area contributed by atoms with Crippen LogP contribution in [0, 0.1) is 59.0 Å². The number of aromatic nitrogens is 5. The number of carbonyl (C=O) groups is 14. The predicted octanol–water partition coefficient (Wildman–Crippen LogP) is 10.8. The number of nitrogens with zero attached hydrogens (tertiary/aromatic N) is 5. The van der Waals surface area contributed by atoms with Crippen molar-refractivity contribution in [3.8, 4) is 62.0 Å². The van der Waals surface area contributed by atoms with Gasteiger partial charge in [0.25, 0.3) is 53.2 Å². The molecule has 0 bridgehead atoms. The second-order valence-electron chi connectivity index (χ2n) is 32.4. The van der Waals surface area contributed by atoms with Gasteiger partial charge >= 0.3 is 0 Å². The maximum absolute atomic E-state index is 14.2. The number of ether oxygens (including phenoxy) is 1. The Morgan fingerprint density at radius 1 is 0.301 bits per heavy atom. The molecule has 5 aromatic heterocycles. The summed E-state index contributed by atoms with van der Waals surface area (Å²) >= 11 is 0. The van der Waals surface area contributed by atoms with Crippen molar-refractivity contribution in [3.63, 3.8) is 0 Å². The topological polar surface area (TPSA) is 589 Å². The summed E-state index contributed by atoms with van der Waals surface area (Å²) in [7, 11) is 1.54. The van der Waals surface area contributed by atoms with E-state index in [1.165, 1.54) is 44.2 Å². The molecule has 39 heteroatoms. The predicted molar refractivity (Wildman–Crippen MR) is 524 cm³/mol. The summed E-state index contributed by atoms with van der Waals surface area (Å²) in [6.45, 7) is 9.73. The highest BCUT2D eigenvalue weighted by atomic mass is 19.2. The summed E-state index contributed by atoms with van der Waals surface area (Å²) in [6.07, 6.45) is -1.08. The van der Waals surface area contributed by atoms with Gasteiger partial charge < -0.3 is 87.2 Å². The van der Waals surface area contributed by atoms with Gasteiger partial charge in [-0.3, -0.25) is 67.1 Å². The minimum atomic E-state index is -1.55. The van der Waals surface area contributed by atoms with Gasteiger partial charge in [-0.1, -0.05) is 237 Å². The molecule has 0 aliphatic rings. The van der Waals surface area contributed by atoms with Crippen molar-refractivity contribution >= 4 is 82.2 Å². The summed E-state index contributed by atoms with van der Waals surface area (Å²) in [5.41, 5.74) is 33.3. The zero-order valence-corrected chi connectivity index (χ0v) is 79.3. The Labute approximate surface area is 831 Å². The molecule has 0 spiro atoms. The lowest BCUT2D eigenvalue weighted by atomic mass is 10.0. The average molecular weight is 1990 g/mol. The van der Waals surface area contributed by atoms with Gasteiger partial charge in [0, 0.05) is 88.1 Å². The number of aliphatic hydroxyl groups is 1. The number of halogens is 3. The van der Waals surface area contributed by atoms with E-state index in [4.69, 9.17) is 55.5 Å². The van der Waals surface area contributed by atoms with Gasteiger partial charge in [0.05, 0.1) is 13.2 Å². The van der Waals surface area contributed by atoms with E-state index in [-0.39, 0.29) is 89.4 Å². The maximum atomic E-state index is 14.2. The first-order valence-corrected chi connectivity index (χ1v) is 44.7. The van der Waals surface area contributed by atoms with Crippen molar-refractivity contribution in [1.82, 2.24) is 51.5 Å². The van der Waals surface area contributed by atoms with Crippen LogP contribution >= 0.6 is 0 Å². The Morgan fingerprint density at radius 2 is 0.562 bits per heavy atom. The number of hydrogen-bond acceptors (Lipinski definition) is 26. The Kier molecular flexibility index (Phi) is 37.5. The molecular formula is C107H98F3N15O21. The van der Waals surface area contributed by atoms with Crippen LogP contribution in [-0.4, -0.2) is 156 Å². The molecule has 16 N–H and O–H groups in total. The van der Waals surface area contributed by atoms with Gasteiger partial charge in [-0.15, -0.1) is 0 Å². The number of oxazole rings is 5. The molecule has 36 nitrogen and oxygen atoms in total. The van der Waals surface area contributed by atoms with E-state index in [0.29, 0.717) is 57.2 Å². The van der Waals surface area contributed by atoms with Crippen LogP contribution in [0.4, 0.5) is 13.2 Å². The van der Waals surface area contributed by atoms with Crippen molar-refractivity contribution in [2.24, 2.45) is 28.7 Å². The molecule has 0 radical (unpaired) electrons. The second-order valence-corrected chi connectivity index (χ2v) is 32.4. The lowest BCUT2D eigenvalue weighted by Crippen LogP contribution is -2.50. The van der Waals surface area contributed by atoms with Gasteiger partial charge in [-0.05, 0) is 83.1 Å². The lowest BCUT2D eigenvalue weighted by Gasteiger charge is -2.22. The van der Waals surface area contributed by atoms with E-state index in [0.717, 1.165) is 39.4 Å². The van der Waals surface area contributed by atoms with E-state index >= 15 is 0 Å². The third-order valence-corrected chi connectivity index (χ3v) is 21.7. The molecule has 0 fully saturated rings. The summed E-state index contributed by atoms with van der Waals surface area (Å²) in [5.74, 6) is -14.8. The molecule has 146 heavy (non-hydrogen) atoms. The zero-order valence-electron chi connectivity index (χ0n) is 79.3. The Hall–Kier alpha value is -18.8. The summed E-state index contributed by atoms with van der Waals surface area (Å²) in [6, 6.07) is 71.8. The number of nitrogens with two attached hydrogens (primary N) is 5. The third kappa shape index (κ3) is 29.2.